The standard InChI is InChI=1S/C24H32N4O4/c1-5-14-25-20(30)17-8-6-7-9-18(17)26-19(29)15-28-21(31)24(27-22(28)32)12-10-16(11-13-24)23(2,3)4/h5-9,16H,1,10-15H2,2-4H3,(H,25,30)(H,26,29)(H,27,32). The van der Waals surface area contributed by atoms with Crippen molar-refractivity contribution in [3.63, 3.8) is 0 Å². The molecule has 1 aliphatic carbocycles. The predicted octanol–water partition coefficient (Wildman–Crippen LogP) is 3.07. The summed E-state index contributed by atoms with van der Waals surface area (Å²) < 4.78 is 0. The number of nitrogens with zero attached hydrogens (tertiary/aromatic N) is 1. The van der Waals surface area contributed by atoms with Gasteiger partial charge >= 0.3 is 6.03 Å². The van der Waals surface area contributed by atoms with E-state index in [-0.39, 0.29) is 22.8 Å². The van der Waals surface area contributed by atoms with Gasteiger partial charge in [0.2, 0.25) is 5.91 Å². The summed E-state index contributed by atoms with van der Waals surface area (Å²) in [5.41, 5.74) is -0.164. The van der Waals surface area contributed by atoms with Gasteiger partial charge in [-0.05, 0) is 49.1 Å². The number of anilines is 1. The Hall–Kier alpha value is -3.16. The largest absolute Gasteiger partial charge is 0.349 e. The van der Waals surface area contributed by atoms with Crippen LogP contribution in [0.3, 0.4) is 0 Å². The molecule has 1 heterocycles. The third kappa shape index (κ3) is 4.84. The second kappa shape index (κ2) is 9.14. The Kier molecular flexibility index (Phi) is 6.71. The van der Waals surface area contributed by atoms with Crippen LogP contribution in [-0.2, 0) is 9.59 Å². The quantitative estimate of drug-likeness (QED) is 0.467. The van der Waals surface area contributed by atoms with Crippen LogP contribution in [0.15, 0.2) is 36.9 Å². The van der Waals surface area contributed by atoms with E-state index >= 15 is 0 Å². The van der Waals surface area contributed by atoms with Gasteiger partial charge < -0.3 is 16.0 Å². The van der Waals surface area contributed by atoms with Gasteiger partial charge in [-0.25, -0.2) is 4.79 Å². The molecule has 3 N–H and O–H groups in total. The molecule has 2 aliphatic rings. The van der Waals surface area contributed by atoms with E-state index in [9.17, 15) is 19.2 Å². The van der Waals surface area contributed by atoms with Gasteiger partial charge in [-0.2, -0.15) is 0 Å². The van der Waals surface area contributed by atoms with Gasteiger partial charge in [0.05, 0.1) is 11.3 Å². The monoisotopic (exact) mass is 440 g/mol. The second-order valence-electron chi connectivity index (χ2n) is 9.64. The fraction of sp³-hybridized carbons (Fsp3) is 0.500. The molecule has 5 amide bonds. The molecule has 0 bridgehead atoms. The number of rotatable bonds is 6. The third-order valence-corrected chi connectivity index (χ3v) is 6.46. The Morgan fingerprint density at radius 1 is 1.22 bits per heavy atom. The minimum Gasteiger partial charge on any atom is -0.349 e. The molecule has 2 fully saturated rings. The second-order valence-corrected chi connectivity index (χ2v) is 9.64. The first-order valence-corrected chi connectivity index (χ1v) is 11.0. The maximum absolute atomic E-state index is 13.1. The van der Waals surface area contributed by atoms with E-state index in [1.807, 2.05) is 0 Å². The number of carbonyl (C=O) groups is 4. The van der Waals surface area contributed by atoms with Gasteiger partial charge in [-0.3, -0.25) is 19.3 Å². The summed E-state index contributed by atoms with van der Waals surface area (Å²) in [5, 5.41) is 8.17. The zero-order chi connectivity index (χ0) is 23.5. The molecular weight excluding hydrogens is 408 g/mol. The van der Waals surface area contributed by atoms with Crippen molar-refractivity contribution in [3.05, 3.63) is 42.5 Å². The summed E-state index contributed by atoms with van der Waals surface area (Å²) in [6.45, 7) is 10.0. The molecule has 1 aromatic carbocycles. The average Bonchev–Trinajstić information content (AvgIpc) is 2.96. The molecule has 0 unspecified atom stereocenters. The lowest BCUT2D eigenvalue weighted by molar-refractivity contribution is -0.135. The van der Waals surface area contributed by atoms with E-state index in [4.69, 9.17) is 0 Å². The molecule has 0 radical (unpaired) electrons. The minimum absolute atomic E-state index is 0.151. The molecule has 0 aromatic heterocycles. The smallest absolute Gasteiger partial charge is 0.325 e. The molecule has 1 aromatic rings. The Bertz CT molecular complexity index is 926. The number of para-hydroxylation sites is 1. The maximum atomic E-state index is 13.1. The maximum Gasteiger partial charge on any atom is 0.325 e. The zero-order valence-corrected chi connectivity index (χ0v) is 19.0. The van der Waals surface area contributed by atoms with Crippen molar-refractivity contribution >= 4 is 29.4 Å². The number of amides is 5. The Morgan fingerprint density at radius 2 is 1.88 bits per heavy atom. The summed E-state index contributed by atoms with van der Waals surface area (Å²) in [5.74, 6) is -0.760. The van der Waals surface area contributed by atoms with Crippen molar-refractivity contribution in [3.8, 4) is 0 Å². The van der Waals surface area contributed by atoms with Crippen molar-refractivity contribution < 1.29 is 19.2 Å². The van der Waals surface area contributed by atoms with Gasteiger partial charge in [0.1, 0.15) is 12.1 Å². The van der Waals surface area contributed by atoms with Gasteiger partial charge in [-0.1, -0.05) is 39.0 Å². The summed E-state index contributed by atoms with van der Waals surface area (Å²) in [6, 6.07) is 6.02. The normalized spacial score (nSPS) is 23.1. The molecule has 1 aliphatic heterocycles. The zero-order valence-electron chi connectivity index (χ0n) is 19.0. The van der Waals surface area contributed by atoms with Crippen molar-refractivity contribution in [1.29, 1.82) is 0 Å². The summed E-state index contributed by atoms with van der Waals surface area (Å²) in [7, 11) is 0. The number of nitrogens with one attached hydrogen (secondary N) is 3. The lowest BCUT2D eigenvalue weighted by atomic mass is 9.67. The van der Waals surface area contributed by atoms with Crippen molar-refractivity contribution in [2.45, 2.75) is 52.0 Å². The third-order valence-electron chi connectivity index (χ3n) is 6.46. The molecule has 1 saturated carbocycles. The predicted molar refractivity (Wildman–Crippen MR) is 122 cm³/mol. The van der Waals surface area contributed by atoms with Crippen LogP contribution in [0.25, 0.3) is 0 Å². The van der Waals surface area contributed by atoms with Gasteiger partial charge in [-0.15, -0.1) is 6.58 Å². The van der Waals surface area contributed by atoms with E-state index in [2.05, 4.69) is 43.3 Å². The molecule has 1 saturated heterocycles. The highest BCUT2D eigenvalue weighted by atomic mass is 16.2. The van der Waals surface area contributed by atoms with Crippen LogP contribution >= 0.6 is 0 Å². The van der Waals surface area contributed by atoms with Crippen molar-refractivity contribution in [2.75, 3.05) is 18.4 Å². The summed E-state index contributed by atoms with van der Waals surface area (Å²) in [6.07, 6.45) is 4.40. The first-order chi connectivity index (χ1) is 15.1. The number of benzene rings is 1. The highest BCUT2D eigenvalue weighted by molar-refractivity contribution is 6.11. The topological polar surface area (TPSA) is 108 Å². The highest BCUT2D eigenvalue weighted by Gasteiger charge is 2.53. The molecule has 8 heteroatoms. The van der Waals surface area contributed by atoms with Crippen molar-refractivity contribution in [1.82, 2.24) is 15.5 Å². The lowest BCUT2D eigenvalue weighted by Crippen LogP contribution is -2.51. The number of hydrogen-bond donors (Lipinski definition) is 3. The first-order valence-electron chi connectivity index (χ1n) is 11.0. The van der Waals surface area contributed by atoms with E-state index in [0.717, 1.165) is 17.7 Å². The summed E-state index contributed by atoms with van der Waals surface area (Å²) >= 11 is 0. The molecule has 1 spiro atoms. The van der Waals surface area contributed by atoms with Crippen LogP contribution in [0.2, 0.25) is 0 Å². The molecule has 32 heavy (non-hydrogen) atoms. The van der Waals surface area contributed by atoms with Gasteiger partial charge in [0, 0.05) is 6.54 Å². The number of urea groups is 1. The van der Waals surface area contributed by atoms with Crippen LogP contribution in [0.5, 0.6) is 0 Å². The Morgan fingerprint density at radius 3 is 2.50 bits per heavy atom. The van der Waals surface area contributed by atoms with Crippen LogP contribution in [0.1, 0.15) is 56.8 Å². The molecule has 3 rings (SSSR count). The minimum atomic E-state index is -0.915. The highest BCUT2D eigenvalue weighted by Crippen LogP contribution is 2.43. The molecule has 0 atom stereocenters. The Balaban J connectivity index is 1.66. The number of imide groups is 1. The van der Waals surface area contributed by atoms with E-state index in [0.29, 0.717) is 31.0 Å². The Labute approximate surface area is 188 Å². The molecular formula is C24H32N4O4. The fourth-order valence-electron chi connectivity index (χ4n) is 4.52. The fourth-order valence-corrected chi connectivity index (χ4v) is 4.52. The summed E-state index contributed by atoms with van der Waals surface area (Å²) in [4.78, 5) is 51.6. The SMILES string of the molecule is C=CCNC(=O)c1ccccc1NC(=O)CN1C(=O)NC2(CCC(C(C)(C)C)CC2)C1=O. The van der Waals surface area contributed by atoms with E-state index < -0.39 is 24.0 Å². The van der Waals surface area contributed by atoms with Crippen LogP contribution in [0, 0.1) is 11.3 Å². The molecule has 172 valence electrons. The van der Waals surface area contributed by atoms with Crippen LogP contribution < -0.4 is 16.0 Å². The first kappa shape index (κ1) is 23.5. The van der Waals surface area contributed by atoms with Crippen molar-refractivity contribution in [2.24, 2.45) is 11.3 Å². The van der Waals surface area contributed by atoms with Gasteiger partial charge in [0.15, 0.2) is 0 Å². The van der Waals surface area contributed by atoms with Crippen LogP contribution in [-0.4, -0.2) is 47.3 Å². The van der Waals surface area contributed by atoms with E-state index in [1.54, 1.807) is 30.3 Å². The van der Waals surface area contributed by atoms with Crippen LogP contribution in [0.4, 0.5) is 10.5 Å². The van der Waals surface area contributed by atoms with Gasteiger partial charge in [0.25, 0.3) is 11.8 Å². The number of hydrogen-bond acceptors (Lipinski definition) is 4. The average molecular weight is 441 g/mol. The lowest BCUT2D eigenvalue weighted by Gasteiger charge is -2.40. The number of carbonyl (C=O) groups excluding carboxylic acids is 4. The van der Waals surface area contributed by atoms with E-state index in [1.165, 1.54) is 0 Å². The molecule has 8 nitrogen and oxygen atoms in total.